The van der Waals surface area contributed by atoms with Gasteiger partial charge in [0, 0.05) is 23.2 Å². The molecule has 130 valence electrons. The van der Waals surface area contributed by atoms with Gasteiger partial charge in [-0.25, -0.2) is 0 Å². The van der Waals surface area contributed by atoms with Crippen LogP contribution in [0.2, 0.25) is 5.02 Å². The predicted molar refractivity (Wildman–Crippen MR) is 96.8 cm³/mol. The number of nitrogens with one attached hydrogen (secondary N) is 1. The van der Waals surface area contributed by atoms with E-state index in [0.717, 1.165) is 23.3 Å². The van der Waals surface area contributed by atoms with E-state index < -0.39 is 0 Å². The molecule has 0 heterocycles. The maximum atomic E-state index is 9.32. The van der Waals surface area contributed by atoms with Gasteiger partial charge in [-0.1, -0.05) is 42.8 Å². The van der Waals surface area contributed by atoms with Gasteiger partial charge < -0.3 is 19.9 Å². The van der Waals surface area contributed by atoms with Crippen molar-refractivity contribution in [3.05, 3.63) is 58.6 Å². The fourth-order valence-electron chi connectivity index (χ4n) is 2.35. The molecule has 2 aromatic rings. The van der Waals surface area contributed by atoms with E-state index in [1.54, 1.807) is 7.11 Å². The van der Waals surface area contributed by atoms with E-state index in [4.69, 9.17) is 21.1 Å². The summed E-state index contributed by atoms with van der Waals surface area (Å²) in [5.74, 6) is 1.41. The molecule has 0 spiro atoms. The first kappa shape index (κ1) is 18.6. The Hall–Kier alpha value is -1.75. The molecule has 24 heavy (non-hydrogen) atoms. The number of aliphatic hydroxyl groups is 1. The van der Waals surface area contributed by atoms with Crippen LogP contribution in [0.4, 0.5) is 0 Å². The van der Waals surface area contributed by atoms with Crippen LogP contribution in [-0.4, -0.2) is 24.9 Å². The van der Waals surface area contributed by atoms with E-state index in [0.29, 0.717) is 23.9 Å². The number of para-hydroxylation sites is 1. The van der Waals surface area contributed by atoms with Crippen molar-refractivity contribution in [2.75, 3.05) is 13.7 Å². The third kappa shape index (κ3) is 5.13. The molecule has 0 fully saturated rings. The molecule has 0 bridgehead atoms. The second kappa shape index (κ2) is 9.52. The predicted octanol–water partition coefficient (Wildman–Crippen LogP) is 3.79. The van der Waals surface area contributed by atoms with E-state index in [1.165, 1.54) is 0 Å². The average Bonchev–Trinajstić information content (AvgIpc) is 2.62. The van der Waals surface area contributed by atoms with E-state index in [9.17, 15) is 5.11 Å². The van der Waals surface area contributed by atoms with Crippen molar-refractivity contribution in [1.29, 1.82) is 0 Å². The fourth-order valence-corrected chi connectivity index (χ4v) is 2.48. The molecular formula is C19H24ClNO3. The van der Waals surface area contributed by atoms with Crippen molar-refractivity contribution in [1.82, 2.24) is 5.32 Å². The van der Waals surface area contributed by atoms with E-state index in [-0.39, 0.29) is 12.6 Å². The molecule has 5 heteroatoms. The highest BCUT2D eigenvalue weighted by atomic mass is 35.5. The quantitative estimate of drug-likeness (QED) is 0.723. The molecule has 0 aliphatic carbocycles. The Labute approximate surface area is 148 Å². The number of methoxy groups -OCH3 is 1. The van der Waals surface area contributed by atoms with Gasteiger partial charge in [0.05, 0.1) is 13.7 Å². The molecule has 4 nitrogen and oxygen atoms in total. The van der Waals surface area contributed by atoms with Crippen LogP contribution in [0.3, 0.4) is 0 Å². The number of benzene rings is 2. The summed E-state index contributed by atoms with van der Waals surface area (Å²) in [5.41, 5.74) is 2.03. The van der Waals surface area contributed by atoms with Crippen molar-refractivity contribution in [3.63, 3.8) is 0 Å². The van der Waals surface area contributed by atoms with Gasteiger partial charge in [-0.05, 0) is 30.2 Å². The number of rotatable bonds is 9. The number of ether oxygens (including phenoxy) is 2. The molecule has 0 unspecified atom stereocenters. The van der Waals surface area contributed by atoms with Gasteiger partial charge in [0.1, 0.15) is 6.61 Å². The lowest BCUT2D eigenvalue weighted by Crippen LogP contribution is -2.31. The lowest BCUT2D eigenvalue weighted by molar-refractivity contribution is 0.236. The average molecular weight is 350 g/mol. The number of halogens is 1. The van der Waals surface area contributed by atoms with Crippen LogP contribution in [0, 0.1) is 0 Å². The zero-order chi connectivity index (χ0) is 17.4. The molecule has 0 aromatic heterocycles. The fraction of sp³-hybridized carbons (Fsp3) is 0.368. The SMILES string of the molecule is CC[C@@H](CO)NCc1cccc(OC)c1OCc1ccc(Cl)cc1. The first-order chi connectivity index (χ1) is 11.7. The minimum Gasteiger partial charge on any atom is -0.493 e. The first-order valence-electron chi connectivity index (χ1n) is 8.05. The monoisotopic (exact) mass is 349 g/mol. The zero-order valence-corrected chi connectivity index (χ0v) is 14.8. The van der Waals surface area contributed by atoms with Crippen molar-refractivity contribution < 1.29 is 14.6 Å². The van der Waals surface area contributed by atoms with Crippen LogP contribution in [0.15, 0.2) is 42.5 Å². The molecule has 2 rings (SSSR count). The van der Waals surface area contributed by atoms with Gasteiger partial charge in [0.25, 0.3) is 0 Å². The van der Waals surface area contributed by atoms with Gasteiger partial charge in [-0.3, -0.25) is 0 Å². The Balaban J connectivity index is 2.12. The van der Waals surface area contributed by atoms with Crippen LogP contribution < -0.4 is 14.8 Å². The minimum atomic E-state index is 0.0697. The van der Waals surface area contributed by atoms with Crippen molar-refractivity contribution in [3.8, 4) is 11.5 Å². The summed E-state index contributed by atoms with van der Waals surface area (Å²) in [4.78, 5) is 0. The molecule has 0 aliphatic rings. The lowest BCUT2D eigenvalue weighted by Gasteiger charge is -2.18. The van der Waals surface area contributed by atoms with Crippen LogP contribution in [0.25, 0.3) is 0 Å². The Kier molecular flexibility index (Phi) is 7.37. The summed E-state index contributed by atoms with van der Waals surface area (Å²) in [6, 6.07) is 13.4. The highest BCUT2D eigenvalue weighted by Crippen LogP contribution is 2.32. The molecule has 0 amide bonds. The second-order valence-electron chi connectivity index (χ2n) is 5.53. The van der Waals surface area contributed by atoms with Gasteiger partial charge in [0.15, 0.2) is 11.5 Å². The minimum absolute atomic E-state index is 0.0697. The Morgan fingerprint density at radius 3 is 2.54 bits per heavy atom. The summed E-state index contributed by atoms with van der Waals surface area (Å²) < 4.78 is 11.4. The number of hydrogen-bond donors (Lipinski definition) is 2. The van der Waals surface area contributed by atoms with Crippen LogP contribution >= 0.6 is 11.6 Å². The molecule has 0 saturated carbocycles. The molecular weight excluding hydrogens is 326 g/mol. The third-order valence-electron chi connectivity index (χ3n) is 3.87. The van der Waals surface area contributed by atoms with E-state index >= 15 is 0 Å². The van der Waals surface area contributed by atoms with Gasteiger partial charge >= 0.3 is 0 Å². The Morgan fingerprint density at radius 2 is 1.92 bits per heavy atom. The largest absolute Gasteiger partial charge is 0.493 e. The number of hydrogen-bond acceptors (Lipinski definition) is 4. The standard InChI is InChI=1S/C19H24ClNO3/c1-3-17(12-22)21-11-15-5-4-6-18(23-2)19(15)24-13-14-7-9-16(20)10-8-14/h4-10,17,21-22H,3,11-13H2,1-2H3/t17-/m0/s1. The maximum Gasteiger partial charge on any atom is 0.166 e. The summed E-state index contributed by atoms with van der Waals surface area (Å²) in [7, 11) is 1.63. The molecule has 0 radical (unpaired) electrons. The topological polar surface area (TPSA) is 50.7 Å². The van der Waals surface area contributed by atoms with Crippen molar-refractivity contribution >= 4 is 11.6 Å². The van der Waals surface area contributed by atoms with Gasteiger partial charge in [0.2, 0.25) is 0 Å². The second-order valence-corrected chi connectivity index (χ2v) is 5.97. The van der Waals surface area contributed by atoms with E-state index in [1.807, 2.05) is 49.4 Å². The summed E-state index contributed by atoms with van der Waals surface area (Å²) >= 11 is 5.91. The van der Waals surface area contributed by atoms with Crippen molar-refractivity contribution in [2.24, 2.45) is 0 Å². The molecule has 0 saturated heterocycles. The summed E-state index contributed by atoms with van der Waals surface area (Å²) in [5, 5.41) is 13.4. The molecule has 1 atom stereocenters. The molecule has 2 aromatic carbocycles. The maximum absolute atomic E-state index is 9.32. The number of aliphatic hydroxyl groups excluding tert-OH is 1. The lowest BCUT2D eigenvalue weighted by atomic mass is 10.1. The Bertz CT molecular complexity index is 627. The third-order valence-corrected chi connectivity index (χ3v) is 4.12. The van der Waals surface area contributed by atoms with Crippen LogP contribution in [0.1, 0.15) is 24.5 Å². The highest BCUT2D eigenvalue weighted by Gasteiger charge is 2.12. The molecule has 0 aliphatic heterocycles. The van der Waals surface area contributed by atoms with Crippen LogP contribution in [-0.2, 0) is 13.2 Å². The normalized spacial score (nSPS) is 12.0. The highest BCUT2D eigenvalue weighted by molar-refractivity contribution is 6.30. The Morgan fingerprint density at radius 1 is 1.17 bits per heavy atom. The molecule has 2 N–H and O–H groups in total. The first-order valence-corrected chi connectivity index (χ1v) is 8.43. The van der Waals surface area contributed by atoms with Crippen molar-refractivity contribution in [2.45, 2.75) is 32.5 Å². The van der Waals surface area contributed by atoms with Gasteiger partial charge in [-0.2, -0.15) is 0 Å². The van der Waals surface area contributed by atoms with Gasteiger partial charge in [-0.15, -0.1) is 0 Å². The van der Waals surface area contributed by atoms with E-state index in [2.05, 4.69) is 5.32 Å². The van der Waals surface area contributed by atoms with Crippen LogP contribution in [0.5, 0.6) is 11.5 Å². The summed E-state index contributed by atoms with van der Waals surface area (Å²) in [6.45, 7) is 3.19. The summed E-state index contributed by atoms with van der Waals surface area (Å²) in [6.07, 6.45) is 0.863. The zero-order valence-electron chi connectivity index (χ0n) is 14.1. The smallest absolute Gasteiger partial charge is 0.166 e.